The van der Waals surface area contributed by atoms with E-state index in [-0.39, 0.29) is 6.04 Å². The lowest BCUT2D eigenvalue weighted by Gasteiger charge is -2.29. The topological polar surface area (TPSA) is 41.5 Å². The van der Waals surface area contributed by atoms with Crippen LogP contribution in [0.1, 0.15) is 31.9 Å². The third kappa shape index (κ3) is 3.44. The van der Waals surface area contributed by atoms with E-state index in [4.69, 9.17) is 4.74 Å². The minimum absolute atomic E-state index is 0.252. The molecule has 0 fully saturated rings. The highest BCUT2D eigenvalue weighted by Gasteiger charge is 2.23. The van der Waals surface area contributed by atoms with Crippen LogP contribution in [-0.4, -0.2) is 23.9 Å². The lowest BCUT2D eigenvalue weighted by atomic mass is 9.99. The zero-order valence-electron chi connectivity index (χ0n) is 10.2. The number of nitrogens with one attached hydrogen (secondary N) is 1. The SMILES string of the molecule is CC(C)(O)CNC1CCOc2ccc(Br)cc21. The molecule has 1 heterocycles. The van der Waals surface area contributed by atoms with Crippen molar-refractivity contribution in [2.45, 2.75) is 31.9 Å². The van der Waals surface area contributed by atoms with Crippen LogP contribution in [0, 0.1) is 0 Å². The molecule has 1 aliphatic rings. The molecule has 0 aliphatic carbocycles. The predicted octanol–water partition coefficient (Wildman–Crippen LogP) is 2.63. The van der Waals surface area contributed by atoms with Gasteiger partial charge >= 0.3 is 0 Å². The van der Waals surface area contributed by atoms with Crippen molar-refractivity contribution in [3.8, 4) is 5.75 Å². The molecular formula is C13H18BrNO2. The summed E-state index contributed by atoms with van der Waals surface area (Å²) in [6.45, 7) is 4.91. The number of hydrogen-bond donors (Lipinski definition) is 2. The van der Waals surface area contributed by atoms with E-state index in [1.807, 2.05) is 12.1 Å². The van der Waals surface area contributed by atoms with Gasteiger partial charge < -0.3 is 15.2 Å². The number of ether oxygens (including phenoxy) is 1. The number of fused-ring (bicyclic) bond motifs is 1. The van der Waals surface area contributed by atoms with Gasteiger partial charge in [0.2, 0.25) is 0 Å². The Labute approximate surface area is 110 Å². The van der Waals surface area contributed by atoms with Crippen LogP contribution < -0.4 is 10.1 Å². The number of benzene rings is 1. The van der Waals surface area contributed by atoms with E-state index in [1.54, 1.807) is 13.8 Å². The summed E-state index contributed by atoms with van der Waals surface area (Å²) >= 11 is 3.48. The Morgan fingerprint density at radius 1 is 1.53 bits per heavy atom. The Bertz CT molecular complexity index is 401. The van der Waals surface area contributed by atoms with E-state index >= 15 is 0 Å². The molecule has 1 aliphatic heterocycles. The average molecular weight is 300 g/mol. The monoisotopic (exact) mass is 299 g/mol. The lowest BCUT2D eigenvalue weighted by molar-refractivity contribution is 0.0740. The van der Waals surface area contributed by atoms with Gasteiger partial charge in [-0.3, -0.25) is 0 Å². The average Bonchev–Trinajstić information content (AvgIpc) is 2.25. The number of rotatable bonds is 3. The van der Waals surface area contributed by atoms with Gasteiger partial charge in [0.25, 0.3) is 0 Å². The Kier molecular flexibility index (Phi) is 3.76. The van der Waals surface area contributed by atoms with Crippen LogP contribution in [0.4, 0.5) is 0 Å². The first kappa shape index (κ1) is 12.9. The fourth-order valence-electron chi connectivity index (χ4n) is 1.95. The van der Waals surface area contributed by atoms with Crippen LogP contribution in [0.2, 0.25) is 0 Å². The largest absolute Gasteiger partial charge is 0.493 e. The summed E-state index contributed by atoms with van der Waals surface area (Å²) in [6, 6.07) is 6.30. The van der Waals surface area contributed by atoms with Gasteiger partial charge in [0.05, 0.1) is 12.2 Å². The van der Waals surface area contributed by atoms with E-state index in [0.29, 0.717) is 6.54 Å². The van der Waals surface area contributed by atoms with Gasteiger partial charge in [0.15, 0.2) is 0 Å². The first-order valence-corrected chi connectivity index (χ1v) is 6.63. The van der Waals surface area contributed by atoms with E-state index in [2.05, 4.69) is 27.3 Å². The smallest absolute Gasteiger partial charge is 0.124 e. The van der Waals surface area contributed by atoms with Gasteiger partial charge in [-0.25, -0.2) is 0 Å². The van der Waals surface area contributed by atoms with Crippen LogP contribution >= 0.6 is 15.9 Å². The Morgan fingerprint density at radius 2 is 2.29 bits per heavy atom. The van der Waals surface area contributed by atoms with Gasteiger partial charge in [-0.2, -0.15) is 0 Å². The van der Waals surface area contributed by atoms with Crippen LogP contribution in [-0.2, 0) is 0 Å². The minimum Gasteiger partial charge on any atom is -0.493 e. The third-order valence-corrected chi connectivity index (χ3v) is 3.29. The maximum atomic E-state index is 9.75. The predicted molar refractivity (Wildman–Crippen MR) is 71.3 cm³/mol. The molecule has 1 aromatic carbocycles. The quantitative estimate of drug-likeness (QED) is 0.901. The standard InChI is InChI=1S/C13H18BrNO2/c1-13(2,16)8-15-11-5-6-17-12-4-3-9(14)7-10(11)12/h3-4,7,11,15-16H,5-6,8H2,1-2H3. The zero-order chi connectivity index (χ0) is 12.5. The van der Waals surface area contributed by atoms with E-state index in [9.17, 15) is 5.11 Å². The summed E-state index contributed by atoms with van der Waals surface area (Å²) < 4.78 is 6.67. The highest BCUT2D eigenvalue weighted by atomic mass is 79.9. The molecule has 0 radical (unpaired) electrons. The second-order valence-electron chi connectivity index (χ2n) is 5.07. The lowest BCUT2D eigenvalue weighted by Crippen LogP contribution is -2.38. The van der Waals surface area contributed by atoms with Crippen molar-refractivity contribution in [2.24, 2.45) is 0 Å². The molecule has 0 aromatic heterocycles. The fourth-order valence-corrected chi connectivity index (χ4v) is 2.33. The molecule has 1 aromatic rings. The maximum absolute atomic E-state index is 9.75. The first-order chi connectivity index (χ1) is 7.96. The molecule has 0 saturated heterocycles. The highest BCUT2D eigenvalue weighted by molar-refractivity contribution is 9.10. The third-order valence-electron chi connectivity index (χ3n) is 2.79. The van der Waals surface area contributed by atoms with E-state index < -0.39 is 5.60 Å². The van der Waals surface area contributed by atoms with Crippen LogP contribution in [0.3, 0.4) is 0 Å². The first-order valence-electron chi connectivity index (χ1n) is 5.84. The van der Waals surface area contributed by atoms with Crippen molar-refractivity contribution in [1.82, 2.24) is 5.32 Å². The minimum atomic E-state index is -0.690. The molecule has 94 valence electrons. The zero-order valence-corrected chi connectivity index (χ0v) is 11.8. The summed E-state index contributed by atoms with van der Waals surface area (Å²) in [5, 5.41) is 13.1. The molecule has 17 heavy (non-hydrogen) atoms. The van der Waals surface area contributed by atoms with Crippen molar-refractivity contribution in [3.05, 3.63) is 28.2 Å². The van der Waals surface area contributed by atoms with Gasteiger partial charge in [-0.05, 0) is 32.0 Å². The summed E-state index contributed by atoms with van der Waals surface area (Å²) in [6.07, 6.45) is 0.930. The molecule has 3 nitrogen and oxygen atoms in total. The molecule has 2 N–H and O–H groups in total. The second-order valence-corrected chi connectivity index (χ2v) is 5.98. The molecule has 0 spiro atoms. The van der Waals surface area contributed by atoms with Crippen LogP contribution in [0.5, 0.6) is 5.75 Å². The molecule has 1 atom stereocenters. The van der Waals surface area contributed by atoms with Gasteiger partial charge in [-0.1, -0.05) is 15.9 Å². The number of aliphatic hydroxyl groups is 1. The molecule has 2 rings (SSSR count). The van der Waals surface area contributed by atoms with Crippen LogP contribution in [0.25, 0.3) is 0 Å². The molecule has 0 amide bonds. The Balaban J connectivity index is 2.14. The van der Waals surface area contributed by atoms with Crippen LogP contribution in [0.15, 0.2) is 22.7 Å². The second kappa shape index (κ2) is 4.96. The molecule has 0 saturated carbocycles. The van der Waals surface area contributed by atoms with Gasteiger partial charge in [-0.15, -0.1) is 0 Å². The van der Waals surface area contributed by atoms with Gasteiger partial charge in [0, 0.05) is 29.0 Å². The van der Waals surface area contributed by atoms with E-state index in [1.165, 1.54) is 0 Å². The Hall–Kier alpha value is -0.580. The summed E-state index contributed by atoms with van der Waals surface area (Å²) in [4.78, 5) is 0. The number of hydrogen-bond acceptors (Lipinski definition) is 3. The highest BCUT2D eigenvalue weighted by Crippen LogP contribution is 2.34. The molecule has 4 heteroatoms. The van der Waals surface area contributed by atoms with E-state index in [0.717, 1.165) is 28.8 Å². The van der Waals surface area contributed by atoms with Gasteiger partial charge in [0.1, 0.15) is 5.75 Å². The van der Waals surface area contributed by atoms with Crippen molar-refractivity contribution in [1.29, 1.82) is 0 Å². The summed E-state index contributed by atoms with van der Waals surface area (Å²) in [7, 11) is 0. The fraction of sp³-hybridized carbons (Fsp3) is 0.538. The number of halogens is 1. The Morgan fingerprint density at radius 3 is 3.00 bits per heavy atom. The summed E-state index contributed by atoms with van der Waals surface area (Å²) in [5.74, 6) is 0.938. The summed E-state index contributed by atoms with van der Waals surface area (Å²) in [5.41, 5.74) is 0.472. The van der Waals surface area contributed by atoms with Crippen molar-refractivity contribution < 1.29 is 9.84 Å². The van der Waals surface area contributed by atoms with Crippen molar-refractivity contribution >= 4 is 15.9 Å². The maximum Gasteiger partial charge on any atom is 0.124 e. The molecule has 0 bridgehead atoms. The molecular weight excluding hydrogens is 282 g/mol. The van der Waals surface area contributed by atoms with Crippen molar-refractivity contribution in [2.75, 3.05) is 13.2 Å². The van der Waals surface area contributed by atoms with Crippen molar-refractivity contribution in [3.63, 3.8) is 0 Å². The normalized spacial score (nSPS) is 19.6. The molecule has 1 unspecified atom stereocenters.